The maximum atomic E-state index is 4.33. The van der Waals surface area contributed by atoms with Crippen molar-refractivity contribution < 1.29 is 0 Å². The predicted octanol–water partition coefficient (Wildman–Crippen LogP) is 1.23. The molecular weight excluding hydrogens is 188 g/mol. The summed E-state index contributed by atoms with van der Waals surface area (Å²) in [5, 5.41) is 7.76. The van der Waals surface area contributed by atoms with E-state index in [2.05, 4.69) is 29.2 Å². The van der Waals surface area contributed by atoms with Crippen molar-refractivity contribution in [2.24, 2.45) is 5.92 Å². The van der Waals surface area contributed by atoms with Gasteiger partial charge in [0.2, 0.25) is 0 Å². The van der Waals surface area contributed by atoms with Gasteiger partial charge in [-0.1, -0.05) is 6.92 Å². The minimum atomic E-state index is 0.601. The lowest BCUT2D eigenvalue weighted by Gasteiger charge is -2.16. The molecule has 0 saturated heterocycles. The molecule has 1 N–H and O–H groups in total. The van der Waals surface area contributed by atoms with E-state index in [4.69, 9.17) is 0 Å². The van der Waals surface area contributed by atoms with Crippen LogP contribution in [0.4, 0.5) is 0 Å². The Kier molecular flexibility index (Phi) is 3.36. The van der Waals surface area contributed by atoms with Crippen molar-refractivity contribution in [2.45, 2.75) is 45.7 Å². The third-order valence-electron chi connectivity index (χ3n) is 3.06. The van der Waals surface area contributed by atoms with Gasteiger partial charge in [-0.3, -0.25) is 4.68 Å². The van der Waals surface area contributed by atoms with Crippen molar-refractivity contribution in [3.05, 3.63) is 12.2 Å². The summed E-state index contributed by atoms with van der Waals surface area (Å²) in [5.41, 5.74) is 0. The molecule has 0 radical (unpaired) electrons. The minimum absolute atomic E-state index is 0.601. The van der Waals surface area contributed by atoms with Crippen LogP contribution in [0.2, 0.25) is 0 Å². The van der Waals surface area contributed by atoms with E-state index in [1.165, 1.54) is 12.8 Å². The number of aryl methyl sites for hydroxylation is 1. The quantitative estimate of drug-likeness (QED) is 0.764. The lowest BCUT2D eigenvalue weighted by Crippen LogP contribution is -2.33. The molecule has 2 rings (SSSR count). The van der Waals surface area contributed by atoms with Crippen molar-refractivity contribution in [1.82, 2.24) is 20.1 Å². The van der Waals surface area contributed by atoms with Gasteiger partial charge in [-0.15, -0.1) is 0 Å². The van der Waals surface area contributed by atoms with Gasteiger partial charge in [0.1, 0.15) is 12.2 Å². The second-order valence-electron chi connectivity index (χ2n) is 4.20. The topological polar surface area (TPSA) is 42.7 Å². The summed E-state index contributed by atoms with van der Waals surface area (Å²) in [6.07, 6.45) is 5.43. The zero-order valence-electron chi connectivity index (χ0n) is 9.61. The molecule has 0 aliphatic heterocycles. The Balaban J connectivity index is 1.98. The highest BCUT2D eigenvalue weighted by molar-refractivity contribution is 4.95. The van der Waals surface area contributed by atoms with Crippen molar-refractivity contribution in [3.63, 3.8) is 0 Å². The summed E-state index contributed by atoms with van der Waals surface area (Å²) in [6, 6.07) is 0.601. The number of rotatable bonds is 6. The fourth-order valence-corrected chi connectivity index (χ4v) is 2.07. The van der Waals surface area contributed by atoms with Gasteiger partial charge in [-0.25, -0.2) is 4.98 Å². The fourth-order valence-electron chi connectivity index (χ4n) is 2.07. The Morgan fingerprint density at radius 3 is 2.93 bits per heavy atom. The Morgan fingerprint density at radius 1 is 1.53 bits per heavy atom. The van der Waals surface area contributed by atoms with Crippen molar-refractivity contribution >= 4 is 0 Å². The molecule has 0 amide bonds. The highest BCUT2D eigenvalue weighted by Crippen LogP contribution is 2.33. The van der Waals surface area contributed by atoms with Crippen LogP contribution in [-0.4, -0.2) is 27.4 Å². The van der Waals surface area contributed by atoms with Crippen LogP contribution in [0.25, 0.3) is 0 Å². The van der Waals surface area contributed by atoms with Gasteiger partial charge >= 0.3 is 0 Å². The number of hydrogen-bond donors (Lipinski definition) is 1. The molecule has 0 spiro atoms. The van der Waals surface area contributed by atoms with Crippen LogP contribution in [0, 0.1) is 5.92 Å². The van der Waals surface area contributed by atoms with Gasteiger partial charge in [0, 0.05) is 19.0 Å². The highest BCUT2D eigenvalue weighted by Gasteiger charge is 2.31. The summed E-state index contributed by atoms with van der Waals surface area (Å²) in [5.74, 6) is 1.99. The van der Waals surface area contributed by atoms with Crippen LogP contribution in [0.1, 0.15) is 32.5 Å². The molecule has 1 atom stereocenters. The first-order valence-electron chi connectivity index (χ1n) is 5.95. The van der Waals surface area contributed by atoms with Crippen molar-refractivity contribution in [1.29, 1.82) is 0 Å². The van der Waals surface area contributed by atoms with Gasteiger partial charge in [-0.05, 0) is 32.2 Å². The standard InChI is InChI=1S/C11H20N4/c1-3-12-10(9-5-6-9)7-11-13-8-14-15(11)4-2/h8-10,12H,3-7H2,1-2H3. The summed E-state index contributed by atoms with van der Waals surface area (Å²) >= 11 is 0. The van der Waals surface area contributed by atoms with Crippen LogP contribution in [0.15, 0.2) is 6.33 Å². The average Bonchev–Trinajstić information content (AvgIpc) is 2.99. The number of nitrogens with one attached hydrogen (secondary N) is 1. The van der Waals surface area contributed by atoms with E-state index in [0.717, 1.165) is 31.3 Å². The molecule has 1 saturated carbocycles. The molecule has 1 aromatic rings. The molecule has 1 aliphatic rings. The van der Waals surface area contributed by atoms with Crippen LogP contribution < -0.4 is 5.32 Å². The number of nitrogens with zero attached hydrogens (tertiary/aromatic N) is 3. The number of hydrogen-bond acceptors (Lipinski definition) is 3. The summed E-state index contributed by atoms with van der Waals surface area (Å²) in [7, 11) is 0. The van der Waals surface area contributed by atoms with Crippen molar-refractivity contribution in [2.75, 3.05) is 6.54 Å². The van der Waals surface area contributed by atoms with Gasteiger partial charge in [-0.2, -0.15) is 5.10 Å². The second-order valence-corrected chi connectivity index (χ2v) is 4.20. The van der Waals surface area contributed by atoms with Crippen LogP contribution in [0.3, 0.4) is 0 Å². The lowest BCUT2D eigenvalue weighted by molar-refractivity contribution is 0.450. The molecule has 84 valence electrons. The molecular formula is C11H20N4. The molecule has 4 nitrogen and oxygen atoms in total. The summed E-state index contributed by atoms with van der Waals surface area (Å²) < 4.78 is 1.99. The molecule has 4 heteroatoms. The smallest absolute Gasteiger partial charge is 0.138 e. The molecule has 1 aromatic heterocycles. The van der Waals surface area contributed by atoms with E-state index in [9.17, 15) is 0 Å². The van der Waals surface area contributed by atoms with Crippen LogP contribution in [-0.2, 0) is 13.0 Å². The van der Waals surface area contributed by atoms with Crippen LogP contribution >= 0.6 is 0 Å². The first-order valence-corrected chi connectivity index (χ1v) is 5.95. The lowest BCUT2D eigenvalue weighted by atomic mass is 10.1. The van der Waals surface area contributed by atoms with Gasteiger partial charge in [0.05, 0.1) is 0 Å². The third-order valence-corrected chi connectivity index (χ3v) is 3.06. The molecule has 15 heavy (non-hydrogen) atoms. The number of likely N-dealkylation sites (N-methyl/N-ethyl adjacent to an activating group) is 1. The van der Waals surface area contributed by atoms with Gasteiger partial charge in [0.15, 0.2) is 0 Å². The maximum Gasteiger partial charge on any atom is 0.138 e. The summed E-state index contributed by atoms with van der Waals surface area (Å²) in [6.45, 7) is 6.23. The summed E-state index contributed by atoms with van der Waals surface area (Å²) in [4.78, 5) is 4.33. The first kappa shape index (κ1) is 10.6. The Labute approximate surface area is 91.1 Å². The second kappa shape index (κ2) is 4.75. The molecule has 0 aromatic carbocycles. The van der Waals surface area contributed by atoms with E-state index in [1.54, 1.807) is 6.33 Å². The number of aromatic nitrogens is 3. The van der Waals surface area contributed by atoms with Gasteiger partial charge in [0.25, 0.3) is 0 Å². The zero-order chi connectivity index (χ0) is 10.7. The van der Waals surface area contributed by atoms with E-state index in [-0.39, 0.29) is 0 Å². The minimum Gasteiger partial charge on any atom is -0.314 e. The Morgan fingerprint density at radius 2 is 2.33 bits per heavy atom. The van der Waals surface area contributed by atoms with Crippen molar-refractivity contribution in [3.8, 4) is 0 Å². The highest BCUT2D eigenvalue weighted by atomic mass is 15.3. The van der Waals surface area contributed by atoms with E-state index in [1.807, 2.05) is 4.68 Å². The molecule has 1 fully saturated rings. The fraction of sp³-hybridized carbons (Fsp3) is 0.818. The monoisotopic (exact) mass is 208 g/mol. The zero-order valence-corrected chi connectivity index (χ0v) is 9.61. The maximum absolute atomic E-state index is 4.33. The van der Waals surface area contributed by atoms with E-state index >= 15 is 0 Å². The average molecular weight is 208 g/mol. The van der Waals surface area contributed by atoms with Gasteiger partial charge < -0.3 is 5.32 Å². The Hall–Kier alpha value is -0.900. The van der Waals surface area contributed by atoms with E-state index in [0.29, 0.717) is 6.04 Å². The molecule has 1 heterocycles. The predicted molar refractivity (Wildman–Crippen MR) is 59.6 cm³/mol. The van der Waals surface area contributed by atoms with E-state index < -0.39 is 0 Å². The van der Waals surface area contributed by atoms with Crippen LogP contribution in [0.5, 0.6) is 0 Å². The Bertz CT molecular complexity index is 303. The largest absolute Gasteiger partial charge is 0.314 e. The third kappa shape index (κ3) is 2.56. The SMILES string of the molecule is CCNC(Cc1ncnn1CC)C1CC1. The first-order chi connectivity index (χ1) is 7.35. The molecule has 1 unspecified atom stereocenters. The molecule has 1 aliphatic carbocycles. The normalized spacial score (nSPS) is 18.0. The molecule has 0 bridgehead atoms.